The molecule has 116 valence electrons. The minimum Gasteiger partial charge on any atom is -0.394 e. The summed E-state index contributed by atoms with van der Waals surface area (Å²) in [6.07, 6.45) is 2.24. The predicted octanol–water partition coefficient (Wildman–Crippen LogP) is 2.05. The first-order valence-electron chi connectivity index (χ1n) is 7.45. The van der Waals surface area contributed by atoms with Gasteiger partial charge < -0.3 is 19.7 Å². The van der Waals surface area contributed by atoms with Gasteiger partial charge in [-0.05, 0) is 30.9 Å². The highest BCUT2D eigenvalue weighted by Gasteiger charge is 2.27. The lowest BCUT2D eigenvalue weighted by Gasteiger charge is -2.31. The topological polar surface area (TPSA) is 58.9 Å². The average Bonchev–Trinajstić information content (AvgIpc) is 2.50. The number of hydrogen-bond acceptors (Lipinski definition) is 4. The van der Waals surface area contributed by atoms with Gasteiger partial charge in [0, 0.05) is 6.61 Å². The Morgan fingerprint density at radius 3 is 2.71 bits per heavy atom. The van der Waals surface area contributed by atoms with Crippen molar-refractivity contribution in [3.05, 3.63) is 47.5 Å². The molecule has 0 aliphatic carbocycles. The summed E-state index contributed by atoms with van der Waals surface area (Å²) in [5.74, 6) is 0. The highest BCUT2D eigenvalue weighted by Crippen LogP contribution is 2.22. The Hall–Kier alpha value is -1.20. The predicted molar refractivity (Wildman–Crippen MR) is 80.8 cm³/mol. The van der Waals surface area contributed by atoms with Crippen molar-refractivity contribution < 1.29 is 19.7 Å². The molecule has 0 unspecified atom stereocenters. The molecule has 4 heteroatoms. The number of aliphatic hydroxyl groups excluding tert-OH is 2. The molecule has 2 rings (SSSR count). The van der Waals surface area contributed by atoms with Gasteiger partial charge in [-0.2, -0.15) is 0 Å². The molecule has 0 amide bonds. The molecule has 1 aromatic rings. The number of aliphatic hydroxyl groups is 2. The van der Waals surface area contributed by atoms with Crippen LogP contribution in [0.5, 0.6) is 0 Å². The van der Waals surface area contributed by atoms with Crippen molar-refractivity contribution in [1.29, 1.82) is 0 Å². The van der Waals surface area contributed by atoms with E-state index in [0.717, 1.165) is 18.4 Å². The summed E-state index contributed by atoms with van der Waals surface area (Å²) in [5, 5.41) is 18.9. The Balaban J connectivity index is 1.67. The molecule has 0 bridgehead atoms. The molecule has 21 heavy (non-hydrogen) atoms. The summed E-state index contributed by atoms with van der Waals surface area (Å²) in [7, 11) is 0. The second-order valence-electron chi connectivity index (χ2n) is 5.43. The summed E-state index contributed by atoms with van der Waals surface area (Å²) in [5.41, 5.74) is 2.20. The van der Waals surface area contributed by atoms with Crippen LogP contribution in [-0.2, 0) is 16.1 Å². The molecule has 0 spiro atoms. The Kier molecular flexibility index (Phi) is 6.39. The number of rotatable bonds is 7. The summed E-state index contributed by atoms with van der Waals surface area (Å²) < 4.78 is 11.3. The molecule has 1 aromatic carbocycles. The Labute approximate surface area is 126 Å². The van der Waals surface area contributed by atoms with E-state index in [4.69, 9.17) is 14.6 Å². The van der Waals surface area contributed by atoms with Gasteiger partial charge in [-0.25, -0.2) is 0 Å². The van der Waals surface area contributed by atoms with Gasteiger partial charge in [0.05, 0.1) is 19.3 Å². The van der Waals surface area contributed by atoms with Gasteiger partial charge in [-0.3, -0.25) is 0 Å². The molecule has 0 saturated heterocycles. The fourth-order valence-electron chi connectivity index (χ4n) is 2.46. The van der Waals surface area contributed by atoms with Crippen LogP contribution in [-0.4, -0.2) is 41.7 Å². The molecular formula is C17H24O4. The standard InChI is InChI=1S/C17H24O4/c1-13-10-15(19)17(11-18)21-16(13)8-5-9-20-12-14-6-3-2-4-7-14/h2-4,6-7,10,15-19H,5,8-9,11-12H2,1H3/t15-,16+,17-/m1/s1. The van der Waals surface area contributed by atoms with Gasteiger partial charge >= 0.3 is 0 Å². The lowest BCUT2D eigenvalue weighted by atomic mass is 9.99. The molecular weight excluding hydrogens is 268 g/mol. The summed E-state index contributed by atoms with van der Waals surface area (Å²) in [6, 6.07) is 10.1. The molecule has 3 atom stereocenters. The van der Waals surface area contributed by atoms with E-state index in [1.54, 1.807) is 6.08 Å². The Morgan fingerprint density at radius 2 is 2.00 bits per heavy atom. The Bertz CT molecular complexity index is 443. The molecule has 0 aromatic heterocycles. The number of benzene rings is 1. The lowest BCUT2D eigenvalue weighted by Crippen LogP contribution is -2.39. The largest absolute Gasteiger partial charge is 0.394 e. The zero-order valence-electron chi connectivity index (χ0n) is 12.4. The van der Waals surface area contributed by atoms with E-state index in [0.29, 0.717) is 13.2 Å². The van der Waals surface area contributed by atoms with Gasteiger partial charge in [0.1, 0.15) is 12.2 Å². The monoisotopic (exact) mass is 292 g/mol. The number of ether oxygens (including phenoxy) is 2. The molecule has 0 fully saturated rings. The first-order valence-corrected chi connectivity index (χ1v) is 7.45. The Morgan fingerprint density at radius 1 is 1.24 bits per heavy atom. The van der Waals surface area contributed by atoms with Crippen molar-refractivity contribution in [2.45, 2.75) is 44.7 Å². The minimum atomic E-state index is -0.708. The molecule has 1 aliphatic rings. The van der Waals surface area contributed by atoms with Gasteiger partial charge in [-0.15, -0.1) is 0 Å². The van der Waals surface area contributed by atoms with Gasteiger partial charge in [0.15, 0.2) is 0 Å². The summed E-state index contributed by atoms with van der Waals surface area (Å²) in [6.45, 7) is 3.09. The van der Waals surface area contributed by atoms with Crippen LogP contribution < -0.4 is 0 Å². The minimum absolute atomic E-state index is 0.0362. The molecule has 0 radical (unpaired) electrons. The molecule has 2 N–H and O–H groups in total. The van der Waals surface area contributed by atoms with Crippen molar-refractivity contribution in [2.75, 3.05) is 13.2 Å². The van der Waals surface area contributed by atoms with Crippen molar-refractivity contribution >= 4 is 0 Å². The molecule has 4 nitrogen and oxygen atoms in total. The summed E-state index contributed by atoms with van der Waals surface area (Å²) >= 11 is 0. The average molecular weight is 292 g/mol. The van der Waals surface area contributed by atoms with Crippen LogP contribution in [0.15, 0.2) is 42.0 Å². The van der Waals surface area contributed by atoms with E-state index in [9.17, 15) is 5.11 Å². The van der Waals surface area contributed by atoms with Crippen molar-refractivity contribution in [3.8, 4) is 0 Å². The van der Waals surface area contributed by atoms with E-state index >= 15 is 0 Å². The van der Waals surface area contributed by atoms with Crippen LogP contribution in [0.25, 0.3) is 0 Å². The van der Waals surface area contributed by atoms with Gasteiger partial charge in [-0.1, -0.05) is 36.4 Å². The second kappa shape index (κ2) is 8.29. The third-order valence-electron chi connectivity index (χ3n) is 3.71. The van der Waals surface area contributed by atoms with E-state index in [-0.39, 0.29) is 12.7 Å². The van der Waals surface area contributed by atoms with E-state index < -0.39 is 12.2 Å². The number of hydrogen-bond donors (Lipinski definition) is 2. The van der Waals surface area contributed by atoms with E-state index in [1.807, 2.05) is 37.3 Å². The quantitative estimate of drug-likeness (QED) is 0.596. The zero-order chi connectivity index (χ0) is 15.1. The van der Waals surface area contributed by atoms with Crippen LogP contribution in [0.3, 0.4) is 0 Å². The molecule has 1 aliphatic heterocycles. The second-order valence-corrected chi connectivity index (χ2v) is 5.43. The maximum Gasteiger partial charge on any atom is 0.111 e. The van der Waals surface area contributed by atoms with Crippen LogP contribution in [0.4, 0.5) is 0 Å². The maximum absolute atomic E-state index is 9.71. The normalized spacial score (nSPS) is 25.7. The van der Waals surface area contributed by atoms with Gasteiger partial charge in [0.25, 0.3) is 0 Å². The summed E-state index contributed by atoms with van der Waals surface area (Å²) in [4.78, 5) is 0. The van der Waals surface area contributed by atoms with Crippen LogP contribution in [0.1, 0.15) is 25.3 Å². The third-order valence-corrected chi connectivity index (χ3v) is 3.71. The maximum atomic E-state index is 9.71. The van der Waals surface area contributed by atoms with Crippen LogP contribution >= 0.6 is 0 Å². The van der Waals surface area contributed by atoms with E-state index in [1.165, 1.54) is 5.56 Å². The van der Waals surface area contributed by atoms with Crippen molar-refractivity contribution in [3.63, 3.8) is 0 Å². The van der Waals surface area contributed by atoms with Crippen LogP contribution in [0, 0.1) is 0 Å². The highest BCUT2D eigenvalue weighted by molar-refractivity contribution is 5.14. The first-order chi connectivity index (χ1) is 10.2. The van der Waals surface area contributed by atoms with Gasteiger partial charge in [0.2, 0.25) is 0 Å². The third kappa shape index (κ3) is 4.93. The van der Waals surface area contributed by atoms with Crippen molar-refractivity contribution in [1.82, 2.24) is 0 Å². The fraction of sp³-hybridized carbons (Fsp3) is 0.529. The smallest absolute Gasteiger partial charge is 0.111 e. The highest BCUT2D eigenvalue weighted by atomic mass is 16.5. The zero-order valence-corrected chi connectivity index (χ0v) is 12.4. The van der Waals surface area contributed by atoms with Crippen molar-refractivity contribution in [2.24, 2.45) is 0 Å². The first kappa shape index (κ1) is 16.2. The lowest BCUT2D eigenvalue weighted by molar-refractivity contribution is -0.0874. The fourth-order valence-corrected chi connectivity index (χ4v) is 2.46. The molecule has 0 saturated carbocycles. The SMILES string of the molecule is CC1=C[C@@H](O)[C@@H](CO)O[C@H]1CCCOCc1ccccc1. The molecule has 1 heterocycles. The van der Waals surface area contributed by atoms with E-state index in [2.05, 4.69) is 0 Å². The van der Waals surface area contributed by atoms with Crippen LogP contribution in [0.2, 0.25) is 0 Å².